The van der Waals surface area contributed by atoms with Crippen LogP contribution in [0.2, 0.25) is 0 Å². The summed E-state index contributed by atoms with van der Waals surface area (Å²) in [5.74, 6) is 0.405. The van der Waals surface area contributed by atoms with Gasteiger partial charge in [0, 0.05) is 11.6 Å². The van der Waals surface area contributed by atoms with Crippen molar-refractivity contribution in [3.63, 3.8) is 0 Å². The fraction of sp³-hybridized carbons (Fsp3) is 0.682. The van der Waals surface area contributed by atoms with Crippen molar-refractivity contribution in [2.24, 2.45) is 5.92 Å². The summed E-state index contributed by atoms with van der Waals surface area (Å²) >= 11 is 0. The van der Waals surface area contributed by atoms with E-state index in [0.717, 1.165) is 44.6 Å². The number of halogens is 3. The van der Waals surface area contributed by atoms with Crippen LogP contribution < -0.4 is 5.32 Å². The first-order chi connectivity index (χ1) is 12.9. The third-order valence-corrected chi connectivity index (χ3v) is 6.04. The molecular weight excluding hydrogens is 351 g/mol. The minimum Gasteiger partial charge on any atom is -0.349 e. The molecule has 2 saturated carbocycles. The summed E-state index contributed by atoms with van der Waals surface area (Å²) in [7, 11) is 0. The average molecular weight is 381 g/mol. The highest BCUT2D eigenvalue weighted by Gasteiger charge is 2.36. The van der Waals surface area contributed by atoms with E-state index in [1.807, 2.05) is 0 Å². The van der Waals surface area contributed by atoms with Gasteiger partial charge in [0.15, 0.2) is 0 Å². The van der Waals surface area contributed by atoms with Gasteiger partial charge in [-0.2, -0.15) is 13.2 Å². The van der Waals surface area contributed by atoms with Gasteiger partial charge in [0.2, 0.25) is 0 Å². The summed E-state index contributed by atoms with van der Waals surface area (Å²) in [5, 5.41) is 3.15. The average Bonchev–Trinajstić information content (AvgIpc) is 3.39. The number of carbonyl (C=O) groups is 1. The SMILES string of the molecule is CCCCCC[C@@H]1CCCC1NC(=O)c1ccc(C(F)(F)F)cc1C1CC1. The van der Waals surface area contributed by atoms with E-state index in [1.165, 1.54) is 37.8 Å². The van der Waals surface area contributed by atoms with Crippen LogP contribution in [0, 0.1) is 5.92 Å². The molecule has 2 aliphatic carbocycles. The monoisotopic (exact) mass is 381 g/mol. The maximum atomic E-state index is 13.0. The molecule has 1 aromatic carbocycles. The molecule has 1 amide bonds. The molecule has 0 saturated heterocycles. The van der Waals surface area contributed by atoms with Crippen molar-refractivity contribution in [2.45, 2.75) is 89.3 Å². The largest absolute Gasteiger partial charge is 0.416 e. The number of unbranched alkanes of at least 4 members (excludes halogenated alkanes) is 3. The van der Waals surface area contributed by atoms with Crippen LogP contribution in [0.3, 0.4) is 0 Å². The third kappa shape index (κ3) is 5.26. The van der Waals surface area contributed by atoms with Crippen LogP contribution in [0.1, 0.15) is 98.5 Å². The van der Waals surface area contributed by atoms with Gasteiger partial charge in [-0.15, -0.1) is 0 Å². The second-order valence-electron chi connectivity index (χ2n) is 8.19. The first-order valence-corrected chi connectivity index (χ1v) is 10.4. The number of benzene rings is 1. The van der Waals surface area contributed by atoms with Crippen molar-refractivity contribution in [3.8, 4) is 0 Å². The van der Waals surface area contributed by atoms with E-state index in [2.05, 4.69) is 12.2 Å². The van der Waals surface area contributed by atoms with E-state index < -0.39 is 11.7 Å². The first kappa shape index (κ1) is 20.2. The summed E-state index contributed by atoms with van der Waals surface area (Å²) in [6.07, 6.45) is 6.62. The molecule has 0 heterocycles. The zero-order valence-electron chi connectivity index (χ0n) is 16.1. The number of alkyl halides is 3. The van der Waals surface area contributed by atoms with Crippen molar-refractivity contribution < 1.29 is 18.0 Å². The summed E-state index contributed by atoms with van der Waals surface area (Å²) < 4.78 is 39.1. The van der Waals surface area contributed by atoms with E-state index in [1.54, 1.807) is 0 Å². The fourth-order valence-electron chi connectivity index (χ4n) is 4.33. The second kappa shape index (κ2) is 8.66. The van der Waals surface area contributed by atoms with Crippen molar-refractivity contribution in [3.05, 3.63) is 34.9 Å². The van der Waals surface area contributed by atoms with Crippen molar-refractivity contribution in [1.82, 2.24) is 5.32 Å². The van der Waals surface area contributed by atoms with Gasteiger partial charge in [-0.05, 0) is 67.7 Å². The molecule has 1 N–H and O–H groups in total. The Kier molecular flexibility index (Phi) is 6.48. The van der Waals surface area contributed by atoms with Crippen LogP contribution in [0.15, 0.2) is 18.2 Å². The van der Waals surface area contributed by atoms with E-state index in [9.17, 15) is 18.0 Å². The van der Waals surface area contributed by atoms with Gasteiger partial charge in [-0.25, -0.2) is 0 Å². The highest BCUT2D eigenvalue weighted by molar-refractivity contribution is 5.96. The van der Waals surface area contributed by atoms with Crippen molar-refractivity contribution in [1.29, 1.82) is 0 Å². The fourth-order valence-corrected chi connectivity index (χ4v) is 4.33. The van der Waals surface area contributed by atoms with Crippen LogP contribution in [0.5, 0.6) is 0 Å². The topological polar surface area (TPSA) is 29.1 Å². The Morgan fingerprint density at radius 2 is 1.89 bits per heavy atom. The van der Waals surface area contributed by atoms with Crippen molar-refractivity contribution >= 4 is 5.91 Å². The summed E-state index contributed by atoms with van der Waals surface area (Å²) in [5.41, 5.74) is 0.345. The van der Waals surface area contributed by atoms with E-state index in [4.69, 9.17) is 0 Å². The van der Waals surface area contributed by atoms with E-state index >= 15 is 0 Å². The number of hydrogen-bond acceptors (Lipinski definition) is 1. The molecule has 150 valence electrons. The normalized spacial score (nSPS) is 22.8. The predicted octanol–water partition coefficient (Wildman–Crippen LogP) is 6.45. The summed E-state index contributed by atoms with van der Waals surface area (Å²) in [4.78, 5) is 12.8. The molecule has 2 aliphatic rings. The number of nitrogens with one attached hydrogen (secondary N) is 1. The lowest BCUT2D eigenvalue weighted by molar-refractivity contribution is -0.137. The molecule has 0 aromatic heterocycles. The van der Waals surface area contributed by atoms with Gasteiger partial charge in [-0.1, -0.05) is 39.0 Å². The molecule has 3 rings (SSSR count). The number of hydrogen-bond donors (Lipinski definition) is 1. The molecule has 0 radical (unpaired) electrons. The van der Waals surface area contributed by atoms with Gasteiger partial charge in [-0.3, -0.25) is 4.79 Å². The molecule has 0 spiro atoms. The van der Waals surface area contributed by atoms with Gasteiger partial charge in [0.1, 0.15) is 0 Å². The molecule has 2 fully saturated rings. The van der Waals surface area contributed by atoms with Gasteiger partial charge in [0.25, 0.3) is 5.91 Å². The summed E-state index contributed by atoms with van der Waals surface area (Å²) in [6, 6.07) is 3.76. The smallest absolute Gasteiger partial charge is 0.349 e. The lowest BCUT2D eigenvalue weighted by atomic mass is 9.94. The number of amides is 1. The second-order valence-corrected chi connectivity index (χ2v) is 8.19. The predicted molar refractivity (Wildman–Crippen MR) is 101 cm³/mol. The highest BCUT2D eigenvalue weighted by atomic mass is 19.4. The molecule has 0 bridgehead atoms. The standard InChI is InChI=1S/C22H30F3NO/c1-2-3-4-5-7-16-8-6-9-20(16)26-21(27)18-13-12-17(22(23,24)25)14-19(18)15-10-11-15/h12-16,20H,2-11H2,1H3,(H,26,27)/t16-,20?/m1/s1. The lowest BCUT2D eigenvalue weighted by Gasteiger charge is -2.22. The van der Waals surface area contributed by atoms with Crippen LogP contribution in [-0.4, -0.2) is 11.9 Å². The third-order valence-electron chi connectivity index (χ3n) is 6.04. The lowest BCUT2D eigenvalue weighted by Crippen LogP contribution is -2.37. The Bertz CT molecular complexity index is 651. The van der Waals surface area contributed by atoms with Gasteiger partial charge in [0.05, 0.1) is 5.56 Å². The first-order valence-electron chi connectivity index (χ1n) is 10.4. The van der Waals surface area contributed by atoms with Gasteiger partial charge < -0.3 is 5.32 Å². The highest BCUT2D eigenvalue weighted by Crippen LogP contribution is 2.44. The number of carbonyl (C=O) groups excluding carboxylic acids is 1. The minimum absolute atomic E-state index is 0.0986. The van der Waals surface area contributed by atoms with Crippen LogP contribution in [-0.2, 0) is 6.18 Å². The van der Waals surface area contributed by atoms with Crippen LogP contribution >= 0.6 is 0 Å². The Balaban J connectivity index is 1.66. The number of rotatable bonds is 8. The Labute approximate surface area is 159 Å². The van der Waals surface area contributed by atoms with Crippen LogP contribution in [0.25, 0.3) is 0 Å². The molecule has 1 aromatic rings. The molecule has 5 heteroatoms. The van der Waals surface area contributed by atoms with Crippen molar-refractivity contribution in [2.75, 3.05) is 0 Å². The molecule has 27 heavy (non-hydrogen) atoms. The van der Waals surface area contributed by atoms with E-state index in [-0.39, 0.29) is 17.9 Å². The van der Waals surface area contributed by atoms with Crippen LogP contribution in [0.4, 0.5) is 13.2 Å². The minimum atomic E-state index is -4.37. The van der Waals surface area contributed by atoms with E-state index in [0.29, 0.717) is 17.0 Å². The Morgan fingerprint density at radius 3 is 2.56 bits per heavy atom. The quantitative estimate of drug-likeness (QED) is 0.515. The molecule has 2 nitrogen and oxygen atoms in total. The van der Waals surface area contributed by atoms with Gasteiger partial charge >= 0.3 is 6.18 Å². The molecular formula is C22H30F3NO. The molecule has 2 atom stereocenters. The maximum Gasteiger partial charge on any atom is 0.416 e. The zero-order valence-corrected chi connectivity index (χ0v) is 16.1. The maximum absolute atomic E-state index is 13.0. The molecule has 1 unspecified atom stereocenters. The Hall–Kier alpha value is -1.52. The summed E-state index contributed by atoms with van der Waals surface area (Å²) in [6.45, 7) is 2.19. The Morgan fingerprint density at radius 1 is 1.11 bits per heavy atom. The molecule has 0 aliphatic heterocycles. The zero-order chi connectivity index (χ0) is 19.4.